The Balaban J connectivity index is 2.53. The average Bonchev–Trinajstić information content (AvgIpc) is 2.17. The van der Waals surface area contributed by atoms with E-state index in [4.69, 9.17) is 4.74 Å². The first kappa shape index (κ1) is 11.8. The highest BCUT2D eigenvalue weighted by Gasteiger charge is 2.05. The number of methoxy groups -OCH3 is 1. The highest BCUT2D eigenvalue weighted by Crippen LogP contribution is 2.14. The normalized spacial score (nSPS) is 12.2. The molecule has 0 aromatic heterocycles. The molecule has 0 saturated carbocycles. The Morgan fingerprint density at radius 1 is 1.40 bits per heavy atom. The van der Waals surface area contributed by atoms with E-state index in [1.165, 1.54) is 0 Å². The van der Waals surface area contributed by atoms with Crippen molar-refractivity contribution in [2.24, 2.45) is 0 Å². The van der Waals surface area contributed by atoms with Gasteiger partial charge in [-0.25, -0.2) is 0 Å². The Kier molecular flexibility index (Phi) is 4.37. The fraction of sp³-hybridized carbons (Fsp3) is 0.385. The van der Waals surface area contributed by atoms with Crippen molar-refractivity contribution < 1.29 is 9.84 Å². The molecule has 15 heavy (non-hydrogen) atoms. The minimum Gasteiger partial charge on any atom is -0.497 e. The number of aliphatic hydroxyl groups excluding tert-OH is 1. The van der Waals surface area contributed by atoms with Crippen LogP contribution >= 0.6 is 0 Å². The molecular weight excluding hydrogens is 188 g/mol. The summed E-state index contributed by atoms with van der Waals surface area (Å²) in [5.74, 6) is 0.841. The maximum Gasteiger partial charge on any atom is 0.118 e. The molecule has 1 unspecified atom stereocenters. The third kappa shape index (κ3) is 4.17. The lowest BCUT2D eigenvalue weighted by atomic mass is 10.0. The monoisotopic (exact) mass is 206 g/mol. The molecule has 0 bridgehead atoms. The van der Waals surface area contributed by atoms with Gasteiger partial charge in [-0.05, 0) is 37.5 Å². The molecule has 0 aliphatic rings. The summed E-state index contributed by atoms with van der Waals surface area (Å²) in [6.07, 6.45) is 0.985. The molecule has 82 valence electrons. The van der Waals surface area contributed by atoms with Crippen molar-refractivity contribution in [3.8, 4) is 5.75 Å². The average molecular weight is 206 g/mol. The number of benzene rings is 1. The van der Waals surface area contributed by atoms with Crippen LogP contribution in [0.1, 0.15) is 18.9 Å². The van der Waals surface area contributed by atoms with Crippen LogP contribution in [-0.2, 0) is 6.42 Å². The third-order valence-electron chi connectivity index (χ3n) is 2.21. The van der Waals surface area contributed by atoms with Gasteiger partial charge in [-0.1, -0.05) is 17.7 Å². The van der Waals surface area contributed by atoms with Crippen molar-refractivity contribution in [2.45, 2.75) is 25.9 Å². The maximum atomic E-state index is 9.71. The molecule has 2 heteroatoms. The summed E-state index contributed by atoms with van der Waals surface area (Å²) in [6, 6.07) is 7.76. The van der Waals surface area contributed by atoms with Gasteiger partial charge >= 0.3 is 0 Å². The van der Waals surface area contributed by atoms with Crippen molar-refractivity contribution in [1.82, 2.24) is 0 Å². The van der Waals surface area contributed by atoms with Gasteiger partial charge < -0.3 is 9.84 Å². The summed E-state index contributed by atoms with van der Waals surface area (Å²) in [6.45, 7) is 5.71. The summed E-state index contributed by atoms with van der Waals surface area (Å²) in [5, 5.41) is 9.71. The predicted octanol–water partition coefficient (Wildman–Crippen LogP) is 2.56. The Labute approximate surface area is 91.2 Å². The Bertz CT molecular complexity index is 314. The summed E-state index contributed by atoms with van der Waals surface area (Å²) in [5.41, 5.74) is 2.13. The van der Waals surface area contributed by atoms with Crippen LogP contribution in [0.4, 0.5) is 0 Å². The zero-order chi connectivity index (χ0) is 11.3. The second-order valence-electron chi connectivity index (χ2n) is 3.87. The molecule has 0 amide bonds. The standard InChI is InChI=1S/C13H18O2/c1-10(2)8-12(14)9-11-4-6-13(15-3)7-5-11/h4-7,12,14H,1,8-9H2,2-3H3. The van der Waals surface area contributed by atoms with Crippen molar-refractivity contribution >= 4 is 0 Å². The summed E-state index contributed by atoms with van der Waals surface area (Å²) in [4.78, 5) is 0. The molecule has 1 aromatic rings. The van der Waals surface area contributed by atoms with Crippen LogP contribution in [-0.4, -0.2) is 18.3 Å². The van der Waals surface area contributed by atoms with Gasteiger partial charge in [0.2, 0.25) is 0 Å². The van der Waals surface area contributed by atoms with Gasteiger partial charge in [-0.2, -0.15) is 0 Å². The smallest absolute Gasteiger partial charge is 0.118 e. The van der Waals surface area contributed by atoms with E-state index in [2.05, 4.69) is 6.58 Å². The molecule has 0 heterocycles. The molecule has 0 radical (unpaired) electrons. The van der Waals surface area contributed by atoms with Crippen LogP contribution < -0.4 is 4.74 Å². The van der Waals surface area contributed by atoms with E-state index in [9.17, 15) is 5.11 Å². The van der Waals surface area contributed by atoms with Gasteiger partial charge in [0.25, 0.3) is 0 Å². The molecule has 1 atom stereocenters. The topological polar surface area (TPSA) is 29.5 Å². The molecule has 0 spiro atoms. The largest absolute Gasteiger partial charge is 0.497 e. The van der Waals surface area contributed by atoms with Crippen LogP contribution in [0.15, 0.2) is 36.4 Å². The van der Waals surface area contributed by atoms with E-state index >= 15 is 0 Å². The molecule has 2 nitrogen and oxygen atoms in total. The van der Waals surface area contributed by atoms with E-state index in [-0.39, 0.29) is 6.10 Å². The molecule has 0 aliphatic heterocycles. The summed E-state index contributed by atoms with van der Waals surface area (Å²) < 4.78 is 5.06. The van der Waals surface area contributed by atoms with Gasteiger partial charge in [0, 0.05) is 0 Å². The predicted molar refractivity (Wildman–Crippen MR) is 62.1 cm³/mol. The molecule has 0 fully saturated rings. The van der Waals surface area contributed by atoms with Crippen LogP contribution in [0, 0.1) is 0 Å². The molecule has 0 aliphatic carbocycles. The van der Waals surface area contributed by atoms with Crippen molar-refractivity contribution in [1.29, 1.82) is 0 Å². The van der Waals surface area contributed by atoms with Crippen LogP contribution in [0.5, 0.6) is 5.75 Å². The number of hydrogen-bond donors (Lipinski definition) is 1. The minimum absolute atomic E-state index is 0.337. The minimum atomic E-state index is -0.337. The van der Waals surface area contributed by atoms with Gasteiger partial charge in [0.15, 0.2) is 0 Å². The summed E-state index contributed by atoms with van der Waals surface area (Å²) >= 11 is 0. The first-order valence-electron chi connectivity index (χ1n) is 5.07. The summed E-state index contributed by atoms with van der Waals surface area (Å²) in [7, 11) is 1.64. The van der Waals surface area contributed by atoms with E-state index in [1.54, 1.807) is 7.11 Å². The van der Waals surface area contributed by atoms with E-state index < -0.39 is 0 Å². The molecule has 1 aromatic carbocycles. The second-order valence-corrected chi connectivity index (χ2v) is 3.87. The lowest BCUT2D eigenvalue weighted by Crippen LogP contribution is -2.10. The second kappa shape index (κ2) is 5.56. The fourth-order valence-corrected chi connectivity index (χ4v) is 1.51. The molecule has 1 rings (SSSR count). The SMILES string of the molecule is C=C(C)CC(O)Cc1ccc(OC)cc1. The zero-order valence-corrected chi connectivity index (χ0v) is 9.36. The van der Waals surface area contributed by atoms with Crippen molar-refractivity contribution in [3.63, 3.8) is 0 Å². The first-order chi connectivity index (χ1) is 7.11. The van der Waals surface area contributed by atoms with Gasteiger partial charge in [0.1, 0.15) is 5.75 Å². The lowest BCUT2D eigenvalue weighted by molar-refractivity contribution is 0.175. The van der Waals surface area contributed by atoms with Gasteiger partial charge in [-0.15, -0.1) is 6.58 Å². The van der Waals surface area contributed by atoms with Crippen LogP contribution in [0.2, 0.25) is 0 Å². The highest BCUT2D eigenvalue weighted by atomic mass is 16.5. The third-order valence-corrected chi connectivity index (χ3v) is 2.21. The zero-order valence-electron chi connectivity index (χ0n) is 9.36. The first-order valence-corrected chi connectivity index (χ1v) is 5.07. The number of aliphatic hydroxyl groups is 1. The molecule has 0 saturated heterocycles. The number of ether oxygens (including phenoxy) is 1. The fourth-order valence-electron chi connectivity index (χ4n) is 1.51. The Hall–Kier alpha value is -1.28. The molecular formula is C13H18O2. The molecule has 1 N–H and O–H groups in total. The Morgan fingerprint density at radius 3 is 2.47 bits per heavy atom. The van der Waals surface area contributed by atoms with Crippen molar-refractivity contribution in [3.05, 3.63) is 42.0 Å². The maximum absolute atomic E-state index is 9.71. The Morgan fingerprint density at radius 2 is 2.00 bits per heavy atom. The quantitative estimate of drug-likeness (QED) is 0.750. The highest BCUT2D eigenvalue weighted by molar-refractivity contribution is 5.27. The van der Waals surface area contributed by atoms with E-state index in [0.717, 1.165) is 16.9 Å². The number of rotatable bonds is 5. The van der Waals surface area contributed by atoms with Gasteiger partial charge in [-0.3, -0.25) is 0 Å². The lowest BCUT2D eigenvalue weighted by Gasteiger charge is -2.10. The van der Waals surface area contributed by atoms with Crippen LogP contribution in [0.25, 0.3) is 0 Å². The van der Waals surface area contributed by atoms with Crippen LogP contribution in [0.3, 0.4) is 0 Å². The van der Waals surface area contributed by atoms with E-state index in [0.29, 0.717) is 12.8 Å². The van der Waals surface area contributed by atoms with Crippen molar-refractivity contribution in [2.75, 3.05) is 7.11 Å². The van der Waals surface area contributed by atoms with E-state index in [1.807, 2.05) is 31.2 Å². The number of hydrogen-bond acceptors (Lipinski definition) is 2. The van der Waals surface area contributed by atoms with Gasteiger partial charge in [0.05, 0.1) is 13.2 Å².